The number of para-hydroxylation sites is 1. The van der Waals surface area contributed by atoms with E-state index in [4.69, 9.17) is 0 Å². The Labute approximate surface area is 165 Å². The van der Waals surface area contributed by atoms with E-state index in [1.807, 2.05) is 38.1 Å². The van der Waals surface area contributed by atoms with Crippen LogP contribution in [0.5, 0.6) is 0 Å². The van der Waals surface area contributed by atoms with Crippen molar-refractivity contribution in [3.05, 3.63) is 61.2 Å². The molecular weight excluding hydrogens is 356 g/mol. The Morgan fingerprint density at radius 2 is 1.89 bits per heavy atom. The second-order valence-electron chi connectivity index (χ2n) is 6.73. The normalized spacial score (nSPS) is 16.3. The molecule has 0 bridgehead atoms. The maximum atomic E-state index is 12.7. The number of allylic oxidation sites excluding steroid dienone is 2. The van der Waals surface area contributed by atoms with Crippen LogP contribution in [0.15, 0.2) is 55.7 Å². The number of sulfone groups is 1. The predicted molar refractivity (Wildman–Crippen MR) is 119 cm³/mol. The van der Waals surface area contributed by atoms with Crippen LogP contribution in [0, 0.1) is 5.92 Å². The molecule has 0 saturated carbocycles. The standard InChI is InChI=1S/C19H28N2O2S.C3H6/c1-4-7-15(2)24(22,23)16(3)18-8-5-6-9-19(18)21-14-17-10-12-20-13-11-17;1-3-2/h4-9,15,17,20-21H,3,10-14H2,1-2H3;3H,1H2,2H3/b7-4-;. The van der Waals surface area contributed by atoms with Crippen LogP contribution in [-0.4, -0.2) is 33.3 Å². The first kappa shape index (κ1) is 23.2. The van der Waals surface area contributed by atoms with Crippen LogP contribution in [0.2, 0.25) is 0 Å². The molecule has 0 aromatic heterocycles. The Bertz CT molecular complexity index is 732. The van der Waals surface area contributed by atoms with Gasteiger partial charge in [0.1, 0.15) is 0 Å². The molecule has 1 fully saturated rings. The maximum absolute atomic E-state index is 12.7. The van der Waals surface area contributed by atoms with Crippen LogP contribution in [0.1, 0.15) is 39.2 Å². The third-order valence-electron chi connectivity index (χ3n) is 4.56. The number of hydrogen-bond donors (Lipinski definition) is 2. The fourth-order valence-electron chi connectivity index (χ4n) is 2.97. The highest BCUT2D eigenvalue weighted by Gasteiger charge is 2.25. The van der Waals surface area contributed by atoms with E-state index in [0.717, 1.165) is 38.2 Å². The van der Waals surface area contributed by atoms with Crippen LogP contribution >= 0.6 is 0 Å². The zero-order valence-corrected chi connectivity index (χ0v) is 17.7. The summed E-state index contributed by atoms with van der Waals surface area (Å²) in [7, 11) is -3.45. The van der Waals surface area contributed by atoms with E-state index in [0.29, 0.717) is 11.5 Å². The molecule has 2 N–H and O–H groups in total. The number of piperidine rings is 1. The van der Waals surface area contributed by atoms with E-state index in [-0.39, 0.29) is 4.91 Å². The largest absolute Gasteiger partial charge is 0.384 e. The smallest absolute Gasteiger partial charge is 0.184 e. The van der Waals surface area contributed by atoms with Crippen molar-refractivity contribution in [3.8, 4) is 0 Å². The van der Waals surface area contributed by atoms with E-state index in [9.17, 15) is 8.42 Å². The third kappa shape index (κ3) is 7.00. The molecular formula is C22H34N2O2S. The molecule has 1 aliphatic rings. The lowest BCUT2D eigenvalue weighted by atomic mass is 9.98. The van der Waals surface area contributed by atoms with Crippen molar-refractivity contribution in [2.24, 2.45) is 5.92 Å². The van der Waals surface area contributed by atoms with Crippen molar-refractivity contribution in [2.45, 2.75) is 38.9 Å². The third-order valence-corrected chi connectivity index (χ3v) is 6.61. The summed E-state index contributed by atoms with van der Waals surface area (Å²) in [5.41, 5.74) is 1.51. The Kier molecular flexibility index (Phi) is 10.1. The van der Waals surface area contributed by atoms with Crippen LogP contribution in [0.4, 0.5) is 5.69 Å². The van der Waals surface area contributed by atoms with Gasteiger partial charge in [0.05, 0.1) is 10.2 Å². The highest BCUT2D eigenvalue weighted by atomic mass is 32.2. The molecule has 1 saturated heterocycles. The van der Waals surface area contributed by atoms with Gasteiger partial charge in [-0.2, -0.15) is 0 Å². The molecule has 0 spiro atoms. The van der Waals surface area contributed by atoms with Gasteiger partial charge in [-0.3, -0.25) is 0 Å². The first-order valence-corrected chi connectivity index (χ1v) is 11.1. The molecule has 1 unspecified atom stereocenters. The van der Waals surface area contributed by atoms with Gasteiger partial charge in [-0.25, -0.2) is 8.42 Å². The minimum Gasteiger partial charge on any atom is -0.384 e. The second kappa shape index (κ2) is 11.8. The molecule has 1 aromatic rings. The number of anilines is 1. The summed E-state index contributed by atoms with van der Waals surface area (Å²) >= 11 is 0. The van der Waals surface area contributed by atoms with E-state index < -0.39 is 15.1 Å². The van der Waals surface area contributed by atoms with Gasteiger partial charge in [0.2, 0.25) is 0 Å². The monoisotopic (exact) mass is 390 g/mol. The summed E-state index contributed by atoms with van der Waals surface area (Å²) in [6.45, 7) is 15.6. The van der Waals surface area contributed by atoms with Gasteiger partial charge in [0.25, 0.3) is 0 Å². The lowest BCUT2D eigenvalue weighted by Gasteiger charge is -2.24. The minimum atomic E-state index is -3.45. The first-order valence-electron chi connectivity index (χ1n) is 9.55. The summed E-state index contributed by atoms with van der Waals surface area (Å²) in [5, 5.41) is 6.22. The molecule has 150 valence electrons. The lowest BCUT2D eigenvalue weighted by Crippen LogP contribution is -2.31. The van der Waals surface area contributed by atoms with Crippen molar-refractivity contribution in [2.75, 3.05) is 25.0 Å². The fraction of sp³-hybridized carbons (Fsp3) is 0.455. The molecule has 0 amide bonds. The Morgan fingerprint density at radius 3 is 2.48 bits per heavy atom. The van der Waals surface area contributed by atoms with Gasteiger partial charge in [0, 0.05) is 17.8 Å². The predicted octanol–water partition coefficient (Wildman–Crippen LogP) is 4.64. The van der Waals surface area contributed by atoms with Gasteiger partial charge in [-0.1, -0.05) is 43.0 Å². The summed E-state index contributed by atoms with van der Waals surface area (Å²) in [5.74, 6) is 0.617. The molecule has 2 rings (SSSR count). The topological polar surface area (TPSA) is 58.2 Å². The summed E-state index contributed by atoms with van der Waals surface area (Å²) < 4.78 is 25.4. The zero-order chi connectivity index (χ0) is 20.3. The van der Waals surface area contributed by atoms with Crippen molar-refractivity contribution in [3.63, 3.8) is 0 Å². The van der Waals surface area contributed by atoms with Crippen LogP contribution < -0.4 is 10.6 Å². The van der Waals surface area contributed by atoms with Crippen molar-refractivity contribution >= 4 is 20.4 Å². The van der Waals surface area contributed by atoms with Crippen LogP contribution in [0.25, 0.3) is 4.91 Å². The van der Waals surface area contributed by atoms with Gasteiger partial charge in [0.15, 0.2) is 9.84 Å². The average molecular weight is 391 g/mol. The number of hydrogen-bond acceptors (Lipinski definition) is 4. The van der Waals surface area contributed by atoms with Gasteiger partial charge in [-0.05, 0) is 58.7 Å². The minimum absolute atomic E-state index is 0.182. The van der Waals surface area contributed by atoms with Gasteiger partial charge >= 0.3 is 0 Å². The highest BCUT2D eigenvalue weighted by Crippen LogP contribution is 2.30. The number of nitrogens with one attached hydrogen (secondary N) is 2. The second-order valence-corrected chi connectivity index (χ2v) is 9.05. The number of rotatable bonds is 7. The molecule has 1 atom stereocenters. The van der Waals surface area contributed by atoms with E-state index in [2.05, 4.69) is 23.8 Å². The van der Waals surface area contributed by atoms with E-state index in [1.165, 1.54) is 0 Å². The molecule has 0 aliphatic carbocycles. The van der Waals surface area contributed by atoms with E-state index >= 15 is 0 Å². The average Bonchev–Trinajstić information content (AvgIpc) is 2.67. The summed E-state index contributed by atoms with van der Waals surface area (Å²) in [6, 6.07) is 7.53. The SMILES string of the molecule is C=C(c1ccccc1NCC1CCNCC1)S(=O)(=O)C(C)/C=C\C.C=CC. The Morgan fingerprint density at radius 1 is 1.30 bits per heavy atom. The fourth-order valence-corrected chi connectivity index (χ4v) is 4.27. The Balaban J connectivity index is 0.00000114. The van der Waals surface area contributed by atoms with Gasteiger partial charge in [-0.15, -0.1) is 6.58 Å². The molecule has 1 aromatic carbocycles. The van der Waals surface area contributed by atoms with Gasteiger partial charge < -0.3 is 10.6 Å². The lowest BCUT2D eigenvalue weighted by molar-refractivity contribution is 0.390. The van der Waals surface area contributed by atoms with Crippen molar-refractivity contribution < 1.29 is 8.42 Å². The molecule has 1 heterocycles. The first-order chi connectivity index (χ1) is 12.9. The molecule has 27 heavy (non-hydrogen) atoms. The maximum Gasteiger partial charge on any atom is 0.184 e. The number of benzene rings is 1. The summed E-state index contributed by atoms with van der Waals surface area (Å²) in [4.78, 5) is 0.182. The van der Waals surface area contributed by atoms with Crippen LogP contribution in [0.3, 0.4) is 0 Å². The molecule has 5 heteroatoms. The van der Waals surface area contributed by atoms with Crippen molar-refractivity contribution in [1.29, 1.82) is 0 Å². The zero-order valence-electron chi connectivity index (χ0n) is 16.9. The molecule has 4 nitrogen and oxygen atoms in total. The quantitative estimate of drug-likeness (QED) is 0.666. The molecule has 1 aliphatic heterocycles. The Hall–Kier alpha value is -1.85. The summed E-state index contributed by atoms with van der Waals surface area (Å²) in [6.07, 6.45) is 7.49. The van der Waals surface area contributed by atoms with E-state index in [1.54, 1.807) is 25.2 Å². The van der Waals surface area contributed by atoms with Crippen molar-refractivity contribution in [1.82, 2.24) is 5.32 Å². The highest BCUT2D eigenvalue weighted by molar-refractivity contribution is 8.01. The molecule has 0 radical (unpaired) electrons. The van der Waals surface area contributed by atoms with Crippen LogP contribution in [-0.2, 0) is 9.84 Å².